The van der Waals surface area contributed by atoms with Crippen LogP contribution < -0.4 is 27.8 Å². The fraction of sp³-hybridized carbons (Fsp3) is 0.378. The second-order valence-electron chi connectivity index (χ2n) is 10.2. The van der Waals surface area contributed by atoms with E-state index in [9.17, 15) is 4.79 Å². The third kappa shape index (κ3) is 23.3. The van der Waals surface area contributed by atoms with E-state index in [1.807, 2.05) is 92.6 Å². The Labute approximate surface area is 327 Å². The van der Waals surface area contributed by atoms with Crippen molar-refractivity contribution in [3.05, 3.63) is 104 Å². The summed E-state index contributed by atoms with van der Waals surface area (Å²) in [4.78, 5) is 16.0. The zero-order valence-electron chi connectivity index (χ0n) is 29.8. The minimum atomic E-state index is -0.959. The summed E-state index contributed by atoms with van der Waals surface area (Å²) in [6.45, 7) is 5.02. The van der Waals surface area contributed by atoms with Gasteiger partial charge in [-0.15, -0.1) is 18.4 Å². The molecule has 0 aliphatic rings. The van der Waals surface area contributed by atoms with Crippen LogP contribution >= 0.6 is 62.7 Å². The van der Waals surface area contributed by atoms with E-state index in [0.29, 0.717) is 22.9 Å². The Balaban J connectivity index is 0. The SMILES string of the molecule is C#C.CCCCCNNOC(N)/C(CC)=C(\Nc1ccc(Cl)cc1Cl)c1ccc(Br)cc1.CSC.CSC.N[C@@H](Cc1ccccc1)C(=O)O. The fourth-order valence-corrected chi connectivity index (χ4v) is 4.57. The molecule has 0 fully saturated rings. The van der Waals surface area contributed by atoms with E-state index < -0.39 is 18.2 Å². The number of hydrazine groups is 1. The molecule has 0 saturated heterocycles. The standard InChI is InChI=1S/C22H29BrCl2N4O.C9H11NO2.2C2H6S.C2H2/c1-3-5-6-13-27-29-30-22(26)18(4-2)21(15-7-9-16(23)10-8-15)28-20-12-11-17(24)14-19(20)25;10-8(9(11)12)6-7-4-2-1-3-5-7;2*1-3-2;1-2/h7-12,14,22,27-29H,3-6,13,26H2,1-2H3;1-5,8H,6,10H2,(H,11,12);2*1-2H3;1-2H/b21-18-;;;;/t;8-;;;/m.0.../s1. The highest BCUT2D eigenvalue weighted by atomic mass is 79.9. The van der Waals surface area contributed by atoms with Crippen LogP contribution in [-0.2, 0) is 16.1 Å². The van der Waals surface area contributed by atoms with Crippen LogP contribution in [0.2, 0.25) is 10.0 Å². The third-order valence-electron chi connectivity index (χ3n) is 6.15. The zero-order valence-corrected chi connectivity index (χ0v) is 34.6. The van der Waals surface area contributed by atoms with Crippen molar-refractivity contribution in [3.8, 4) is 12.8 Å². The molecule has 1 unspecified atom stereocenters. The van der Waals surface area contributed by atoms with E-state index in [1.54, 1.807) is 35.7 Å². The van der Waals surface area contributed by atoms with Crippen LogP contribution in [-0.4, -0.2) is 54.9 Å². The van der Waals surface area contributed by atoms with Gasteiger partial charge in [-0.25, -0.2) is 5.43 Å². The molecule has 0 bridgehead atoms. The predicted octanol–water partition coefficient (Wildman–Crippen LogP) is 9.34. The van der Waals surface area contributed by atoms with E-state index in [2.05, 4.69) is 52.0 Å². The van der Waals surface area contributed by atoms with Gasteiger partial charge in [0.25, 0.3) is 0 Å². The minimum absolute atomic E-state index is 0.385. The van der Waals surface area contributed by atoms with Crippen molar-refractivity contribution in [2.45, 2.75) is 58.2 Å². The fourth-order valence-electron chi connectivity index (χ4n) is 3.85. The number of unbranched alkanes of at least 4 members (excludes halogenated alkanes) is 2. The maximum Gasteiger partial charge on any atom is 0.320 e. The lowest BCUT2D eigenvalue weighted by molar-refractivity contribution is -0.138. The molecule has 0 amide bonds. The van der Waals surface area contributed by atoms with Gasteiger partial charge in [0.15, 0.2) is 6.23 Å². The van der Waals surface area contributed by atoms with Gasteiger partial charge in [0, 0.05) is 21.7 Å². The quantitative estimate of drug-likeness (QED) is 0.0381. The first-order valence-electron chi connectivity index (χ1n) is 15.7. The minimum Gasteiger partial charge on any atom is -0.480 e. The van der Waals surface area contributed by atoms with Gasteiger partial charge < -0.3 is 21.9 Å². The normalized spacial score (nSPS) is 11.6. The first kappa shape index (κ1) is 49.9. The number of benzene rings is 3. The molecule has 0 heterocycles. The van der Waals surface area contributed by atoms with Crippen LogP contribution in [0.25, 0.3) is 5.70 Å². The van der Waals surface area contributed by atoms with Crippen molar-refractivity contribution < 1.29 is 14.7 Å². The Morgan fingerprint density at radius 2 is 1.52 bits per heavy atom. The Morgan fingerprint density at radius 3 is 2.02 bits per heavy atom. The number of terminal acetylenes is 1. The average molecular weight is 832 g/mol. The summed E-state index contributed by atoms with van der Waals surface area (Å²) in [5.74, 6) is -0.959. The molecule has 3 rings (SSSR count). The molecule has 3 aromatic carbocycles. The van der Waals surface area contributed by atoms with E-state index >= 15 is 0 Å². The van der Waals surface area contributed by atoms with Crippen LogP contribution in [0.5, 0.6) is 0 Å². The van der Waals surface area contributed by atoms with Gasteiger partial charge in [-0.05, 0) is 91.3 Å². The van der Waals surface area contributed by atoms with E-state index in [4.69, 9.17) is 44.6 Å². The van der Waals surface area contributed by atoms with Crippen molar-refractivity contribution in [1.29, 1.82) is 0 Å². The number of thioether (sulfide) groups is 2. The maximum absolute atomic E-state index is 10.4. The molecule has 2 atom stereocenters. The highest BCUT2D eigenvalue weighted by molar-refractivity contribution is 9.10. The topological polar surface area (TPSA) is 135 Å². The van der Waals surface area contributed by atoms with Gasteiger partial charge >= 0.3 is 5.97 Å². The van der Waals surface area contributed by atoms with E-state index in [0.717, 1.165) is 45.5 Å². The number of carbonyl (C=O) groups is 1. The summed E-state index contributed by atoms with van der Waals surface area (Å²) >= 11 is 19.4. The number of nitrogens with one attached hydrogen (secondary N) is 3. The number of aliphatic carboxylic acids is 1. The Bertz CT molecular complexity index is 1350. The van der Waals surface area contributed by atoms with E-state index in [-0.39, 0.29) is 0 Å². The molecule has 0 radical (unpaired) electrons. The Kier molecular flexibility index (Phi) is 32.6. The third-order valence-corrected chi connectivity index (χ3v) is 7.22. The van der Waals surface area contributed by atoms with Crippen molar-refractivity contribution in [2.24, 2.45) is 11.5 Å². The smallest absolute Gasteiger partial charge is 0.320 e. The first-order valence-corrected chi connectivity index (χ1v) is 20.6. The van der Waals surface area contributed by atoms with Crippen molar-refractivity contribution in [3.63, 3.8) is 0 Å². The number of nitrogens with two attached hydrogens (primary N) is 2. The molecule has 3 aromatic rings. The zero-order chi connectivity index (χ0) is 38.3. The van der Waals surface area contributed by atoms with Gasteiger partial charge in [0.05, 0.1) is 10.7 Å². The number of hydrogen-bond acceptors (Lipinski definition) is 9. The second-order valence-corrected chi connectivity index (χ2v) is 13.6. The van der Waals surface area contributed by atoms with Gasteiger partial charge in [-0.2, -0.15) is 23.5 Å². The molecule has 278 valence electrons. The summed E-state index contributed by atoms with van der Waals surface area (Å²) in [5.41, 5.74) is 21.9. The van der Waals surface area contributed by atoms with Crippen LogP contribution in [0.4, 0.5) is 5.69 Å². The summed E-state index contributed by atoms with van der Waals surface area (Å²) in [6, 6.07) is 21.9. The second kappa shape index (κ2) is 32.7. The molecule has 0 aliphatic carbocycles. The first-order chi connectivity index (χ1) is 24.0. The molecular formula is C37H54BrCl2N5O3S2. The Hall–Kier alpha value is -2.21. The lowest BCUT2D eigenvalue weighted by Gasteiger charge is -2.22. The summed E-state index contributed by atoms with van der Waals surface area (Å²) in [7, 11) is 0. The molecule has 0 spiro atoms. The van der Waals surface area contributed by atoms with Gasteiger partial charge in [0.1, 0.15) is 6.04 Å². The molecular weight excluding hydrogens is 777 g/mol. The molecule has 50 heavy (non-hydrogen) atoms. The molecule has 8 nitrogen and oxygen atoms in total. The van der Waals surface area contributed by atoms with Crippen LogP contribution in [0.1, 0.15) is 50.7 Å². The Morgan fingerprint density at radius 1 is 0.940 bits per heavy atom. The molecule has 8 N–H and O–H groups in total. The van der Waals surface area contributed by atoms with Crippen molar-refractivity contribution in [2.75, 3.05) is 36.9 Å². The number of hydrogen-bond donors (Lipinski definition) is 6. The molecule has 13 heteroatoms. The average Bonchev–Trinajstić information content (AvgIpc) is 3.10. The van der Waals surface area contributed by atoms with Crippen LogP contribution in [0, 0.1) is 12.8 Å². The van der Waals surface area contributed by atoms with Gasteiger partial charge in [-0.1, -0.05) is 108 Å². The monoisotopic (exact) mass is 829 g/mol. The molecule has 0 saturated carbocycles. The number of anilines is 1. The lowest BCUT2D eigenvalue weighted by atomic mass is 10.0. The van der Waals surface area contributed by atoms with Crippen LogP contribution in [0.15, 0.2) is 82.8 Å². The number of rotatable bonds is 15. The molecule has 0 aromatic heterocycles. The molecule has 0 aliphatic heterocycles. The number of carboxylic acids is 1. The summed E-state index contributed by atoms with van der Waals surface area (Å²) in [5, 5.41) is 13.0. The lowest BCUT2D eigenvalue weighted by Crippen LogP contribution is -2.41. The van der Waals surface area contributed by atoms with Crippen molar-refractivity contribution in [1.82, 2.24) is 11.0 Å². The van der Waals surface area contributed by atoms with E-state index in [1.165, 1.54) is 12.8 Å². The predicted molar refractivity (Wildman–Crippen MR) is 226 cm³/mol. The number of halogens is 3. The van der Waals surface area contributed by atoms with Crippen molar-refractivity contribution >= 4 is 80.0 Å². The van der Waals surface area contributed by atoms with Gasteiger partial charge in [0.2, 0.25) is 0 Å². The maximum atomic E-state index is 10.4. The van der Waals surface area contributed by atoms with Gasteiger partial charge in [-0.3, -0.25) is 9.63 Å². The highest BCUT2D eigenvalue weighted by Crippen LogP contribution is 2.31. The highest BCUT2D eigenvalue weighted by Gasteiger charge is 2.18. The largest absolute Gasteiger partial charge is 0.480 e. The van der Waals surface area contributed by atoms with Crippen LogP contribution in [0.3, 0.4) is 0 Å². The number of carboxylic acid groups (broad SMARTS) is 1. The summed E-state index contributed by atoms with van der Waals surface area (Å²) < 4.78 is 0.992. The summed E-state index contributed by atoms with van der Waals surface area (Å²) in [6.07, 6.45) is 20.0.